The van der Waals surface area contributed by atoms with Gasteiger partial charge in [0, 0.05) is 25.7 Å². The molecule has 19 heavy (non-hydrogen) atoms. The number of rotatable bonds is 3. The first-order valence-corrected chi connectivity index (χ1v) is 6.50. The summed E-state index contributed by atoms with van der Waals surface area (Å²) in [4.78, 5) is 15.1. The summed E-state index contributed by atoms with van der Waals surface area (Å²) in [5, 5.41) is 10.9. The van der Waals surface area contributed by atoms with Gasteiger partial charge in [-0.2, -0.15) is 0 Å². The number of benzene rings is 1. The summed E-state index contributed by atoms with van der Waals surface area (Å²) in [5.74, 6) is 0. The lowest BCUT2D eigenvalue weighted by Crippen LogP contribution is -2.28. The Kier molecular flexibility index (Phi) is 4.34. The van der Waals surface area contributed by atoms with Crippen molar-refractivity contribution in [3.63, 3.8) is 0 Å². The summed E-state index contributed by atoms with van der Waals surface area (Å²) in [6.45, 7) is 4.92. The van der Waals surface area contributed by atoms with Gasteiger partial charge in [-0.15, -0.1) is 0 Å². The van der Waals surface area contributed by atoms with Crippen LogP contribution in [0.5, 0.6) is 0 Å². The second-order valence-electron chi connectivity index (χ2n) is 5.08. The molecule has 0 unspecified atom stereocenters. The van der Waals surface area contributed by atoms with Crippen LogP contribution in [0.25, 0.3) is 0 Å². The predicted molar refractivity (Wildman–Crippen MR) is 74.9 cm³/mol. The summed E-state index contributed by atoms with van der Waals surface area (Å²) in [5.41, 5.74) is 6.78. The fourth-order valence-corrected chi connectivity index (χ4v) is 2.36. The van der Waals surface area contributed by atoms with Crippen LogP contribution < -0.4 is 5.73 Å². The van der Waals surface area contributed by atoms with Crippen molar-refractivity contribution in [2.45, 2.75) is 13.0 Å². The smallest absolute Gasteiger partial charge is 0.292 e. The first-order chi connectivity index (χ1) is 9.06. The summed E-state index contributed by atoms with van der Waals surface area (Å²) in [7, 11) is 2.12. The average Bonchev–Trinajstić information content (AvgIpc) is 2.56. The first-order valence-electron chi connectivity index (χ1n) is 6.50. The highest BCUT2D eigenvalue weighted by molar-refractivity contribution is 5.59. The number of nitrogen functional groups attached to an aromatic ring is 1. The fourth-order valence-electron chi connectivity index (χ4n) is 2.36. The second-order valence-corrected chi connectivity index (χ2v) is 5.08. The molecule has 1 aromatic carbocycles. The number of nitrogens with two attached hydrogens (primary N) is 1. The molecule has 2 N–H and O–H groups in total. The van der Waals surface area contributed by atoms with Gasteiger partial charge in [0.2, 0.25) is 0 Å². The molecule has 0 aliphatic carbocycles. The van der Waals surface area contributed by atoms with Gasteiger partial charge in [0.1, 0.15) is 5.69 Å². The number of hydrogen-bond donors (Lipinski definition) is 1. The molecule has 0 bridgehead atoms. The minimum Gasteiger partial charge on any atom is -0.393 e. The van der Waals surface area contributed by atoms with Crippen LogP contribution in [0.2, 0.25) is 0 Å². The summed E-state index contributed by atoms with van der Waals surface area (Å²) >= 11 is 0. The van der Waals surface area contributed by atoms with E-state index < -0.39 is 4.92 Å². The quantitative estimate of drug-likeness (QED) is 0.506. The predicted octanol–water partition coefficient (Wildman–Crippen LogP) is 1.31. The molecule has 6 heteroatoms. The number of anilines is 1. The minimum atomic E-state index is -0.422. The van der Waals surface area contributed by atoms with Gasteiger partial charge in [-0.25, -0.2) is 0 Å². The molecule has 0 amide bonds. The maximum absolute atomic E-state index is 10.9. The van der Waals surface area contributed by atoms with E-state index in [1.54, 1.807) is 12.1 Å². The zero-order valence-corrected chi connectivity index (χ0v) is 11.2. The van der Waals surface area contributed by atoms with E-state index in [9.17, 15) is 10.1 Å². The van der Waals surface area contributed by atoms with Gasteiger partial charge in [0.25, 0.3) is 5.69 Å². The normalized spacial score (nSPS) is 18.2. The molecule has 0 aromatic heterocycles. The SMILES string of the molecule is CN1CCCN(Cc2ccc(N)c([N+](=O)[O-])c2)CC1. The molecule has 0 spiro atoms. The maximum atomic E-state index is 10.9. The molecule has 1 fully saturated rings. The van der Waals surface area contributed by atoms with E-state index in [-0.39, 0.29) is 11.4 Å². The van der Waals surface area contributed by atoms with E-state index in [4.69, 9.17) is 5.73 Å². The van der Waals surface area contributed by atoms with Crippen LogP contribution in [0.15, 0.2) is 18.2 Å². The Hall–Kier alpha value is -1.66. The number of nitrogens with zero attached hydrogens (tertiary/aromatic N) is 3. The highest BCUT2D eigenvalue weighted by Crippen LogP contribution is 2.23. The molecule has 1 aromatic rings. The Morgan fingerprint density at radius 2 is 2.11 bits per heavy atom. The minimum absolute atomic E-state index is 0.00411. The standard InChI is InChI=1S/C13H20N4O2/c1-15-5-2-6-16(8-7-15)10-11-3-4-12(14)13(9-11)17(18)19/h3-4,9H,2,5-8,10,14H2,1H3. The lowest BCUT2D eigenvalue weighted by Gasteiger charge is -2.20. The fraction of sp³-hybridized carbons (Fsp3) is 0.538. The van der Waals surface area contributed by atoms with Crippen LogP contribution in [-0.2, 0) is 6.54 Å². The van der Waals surface area contributed by atoms with Crippen molar-refractivity contribution in [1.29, 1.82) is 0 Å². The van der Waals surface area contributed by atoms with Crippen molar-refractivity contribution < 1.29 is 4.92 Å². The maximum Gasteiger partial charge on any atom is 0.292 e. The van der Waals surface area contributed by atoms with Gasteiger partial charge >= 0.3 is 0 Å². The Morgan fingerprint density at radius 3 is 2.84 bits per heavy atom. The molecule has 104 valence electrons. The first kappa shape index (κ1) is 13.8. The van der Waals surface area contributed by atoms with Gasteiger partial charge in [-0.3, -0.25) is 15.0 Å². The molecule has 2 rings (SSSR count). The van der Waals surface area contributed by atoms with E-state index in [1.165, 1.54) is 0 Å². The molecular weight excluding hydrogens is 244 g/mol. The van der Waals surface area contributed by atoms with Gasteiger partial charge in [-0.05, 0) is 38.2 Å². The number of likely N-dealkylation sites (N-methyl/N-ethyl adjacent to an activating group) is 1. The number of nitro benzene ring substituents is 1. The van der Waals surface area contributed by atoms with Crippen LogP contribution >= 0.6 is 0 Å². The monoisotopic (exact) mass is 264 g/mol. The lowest BCUT2D eigenvalue weighted by molar-refractivity contribution is -0.384. The van der Waals surface area contributed by atoms with Gasteiger partial charge in [-0.1, -0.05) is 6.07 Å². The molecule has 6 nitrogen and oxygen atoms in total. The van der Waals surface area contributed by atoms with Crippen molar-refractivity contribution >= 4 is 11.4 Å². The van der Waals surface area contributed by atoms with Crippen molar-refractivity contribution in [2.24, 2.45) is 0 Å². The van der Waals surface area contributed by atoms with E-state index >= 15 is 0 Å². The molecule has 1 aliphatic heterocycles. The topological polar surface area (TPSA) is 75.6 Å². The van der Waals surface area contributed by atoms with Crippen LogP contribution in [0.1, 0.15) is 12.0 Å². The van der Waals surface area contributed by atoms with Crippen molar-refractivity contribution in [2.75, 3.05) is 39.0 Å². The third-order valence-electron chi connectivity index (χ3n) is 3.51. The Morgan fingerprint density at radius 1 is 1.32 bits per heavy atom. The van der Waals surface area contributed by atoms with Crippen molar-refractivity contribution in [3.05, 3.63) is 33.9 Å². The van der Waals surface area contributed by atoms with E-state index in [0.717, 1.165) is 44.7 Å². The highest BCUT2D eigenvalue weighted by Gasteiger charge is 2.15. The number of hydrogen-bond acceptors (Lipinski definition) is 5. The zero-order valence-electron chi connectivity index (χ0n) is 11.2. The third-order valence-corrected chi connectivity index (χ3v) is 3.51. The summed E-state index contributed by atoms with van der Waals surface area (Å²) < 4.78 is 0. The Labute approximate surface area is 112 Å². The van der Waals surface area contributed by atoms with Crippen molar-refractivity contribution in [3.8, 4) is 0 Å². The third kappa shape index (κ3) is 3.65. The Balaban J connectivity index is 2.06. The summed E-state index contributed by atoms with van der Waals surface area (Å²) in [6.07, 6.45) is 1.13. The van der Waals surface area contributed by atoms with Gasteiger partial charge in [0.05, 0.1) is 4.92 Å². The zero-order chi connectivity index (χ0) is 13.8. The van der Waals surface area contributed by atoms with Gasteiger partial charge in [0.15, 0.2) is 0 Å². The molecular formula is C13H20N4O2. The van der Waals surface area contributed by atoms with E-state index in [1.807, 2.05) is 6.07 Å². The highest BCUT2D eigenvalue weighted by atomic mass is 16.6. The largest absolute Gasteiger partial charge is 0.393 e. The van der Waals surface area contributed by atoms with Gasteiger partial charge < -0.3 is 10.6 Å². The van der Waals surface area contributed by atoms with Crippen LogP contribution in [0.3, 0.4) is 0 Å². The lowest BCUT2D eigenvalue weighted by atomic mass is 10.1. The molecule has 1 heterocycles. The molecule has 0 radical (unpaired) electrons. The van der Waals surface area contributed by atoms with E-state index in [0.29, 0.717) is 0 Å². The number of nitro groups is 1. The van der Waals surface area contributed by atoms with Crippen LogP contribution in [-0.4, -0.2) is 47.9 Å². The molecule has 1 aliphatic rings. The van der Waals surface area contributed by atoms with E-state index in [2.05, 4.69) is 16.8 Å². The Bertz CT molecular complexity index is 464. The molecule has 0 saturated carbocycles. The second kappa shape index (κ2) is 5.99. The van der Waals surface area contributed by atoms with Crippen LogP contribution in [0.4, 0.5) is 11.4 Å². The average molecular weight is 264 g/mol. The van der Waals surface area contributed by atoms with Crippen LogP contribution in [0, 0.1) is 10.1 Å². The molecule has 1 saturated heterocycles. The van der Waals surface area contributed by atoms with Crippen molar-refractivity contribution in [1.82, 2.24) is 9.80 Å². The summed E-state index contributed by atoms with van der Waals surface area (Å²) in [6, 6.07) is 5.08. The molecule has 0 atom stereocenters.